The van der Waals surface area contributed by atoms with Crippen molar-refractivity contribution in [2.24, 2.45) is 0 Å². The number of hydrogen-bond acceptors (Lipinski definition) is 6. The Bertz CT molecular complexity index is 756. The third-order valence-electron chi connectivity index (χ3n) is 4.52. The molecule has 0 radical (unpaired) electrons. The molecule has 0 spiro atoms. The number of aromatic nitrogens is 2. The number of anilines is 1. The van der Waals surface area contributed by atoms with E-state index in [1.54, 1.807) is 0 Å². The van der Waals surface area contributed by atoms with E-state index in [4.69, 9.17) is 4.74 Å². The minimum absolute atomic E-state index is 0.0892. The molecule has 1 saturated heterocycles. The van der Waals surface area contributed by atoms with Gasteiger partial charge in [-0.1, -0.05) is 0 Å². The molecule has 1 aliphatic rings. The van der Waals surface area contributed by atoms with Gasteiger partial charge in [0.05, 0.1) is 0 Å². The normalized spacial score (nSPS) is 20.8. The van der Waals surface area contributed by atoms with Gasteiger partial charge >= 0.3 is 0 Å². The van der Waals surface area contributed by atoms with Gasteiger partial charge in [0.2, 0.25) is 5.91 Å². The van der Waals surface area contributed by atoms with Crippen LogP contribution in [0.25, 0.3) is 0 Å². The summed E-state index contributed by atoms with van der Waals surface area (Å²) in [5.41, 5.74) is 1.97. The molecule has 0 aliphatic carbocycles. The second-order valence-corrected chi connectivity index (χ2v) is 8.11. The number of nitrogens with one attached hydrogen (secondary N) is 1. The maximum Gasteiger partial charge on any atom is 0.223 e. The van der Waals surface area contributed by atoms with Gasteiger partial charge in [-0.15, -0.1) is 11.3 Å². The Morgan fingerprint density at radius 1 is 1.35 bits per heavy atom. The van der Waals surface area contributed by atoms with E-state index in [-0.39, 0.29) is 12.0 Å². The van der Waals surface area contributed by atoms with Crippen molar-refractivity contribution in [3.63, 3.8) is 0 Å². The molecule has 1 amide bonds. The predicted octanol–water partition coefficient (Wildman–Crippen LogP) is 3.55. The van der Waals surface area contributed by atoms with E-state index in [1.165, 1.54) is 18.3 Å². The van der Waals surface area contributed by atoms with Crippen LogP contribution in [0, 0.1) is 13.8 Å². The van der Waals surface area contributed by atoms with Crippen LogP contribution in [0.2, 0.25) is 0 Å². The number of thiazole rings is 1. The highest BCUT2D eigenvalue weighted by molar-refractivity contribution is 7.15. The zero-order valence-corrected chi connectivity index (χ0v) is 16.6. The lowest BCUT2D eigenvalue weighted by molar-refractivity contribution is -0.114. The lowest BCUT2D eigenvalue weighted by atomic mass is 10.0. The number of piperidine rings is 1. The van der Waals surface area contributed by atoms with E-state index in [0.717, 1.165) is 47.9 Å². The monoisotopic (exact) mass is 374 g/mol. The van der Waals surface area contributed by atoms with Crippen molar-refractivity contribution in [2.45, 2.75) is 59.2 Å². The van der Waals surface area contributed by atoms with Crippen LogP contribution in [0.3, 0.4) is 0 Å². The molecule has 2 aromatic heterocycles. The number of hydrogen-bond donors (Lipinski definition) is 1. The molecular formula is C19H26N4O2S. The van der Waals surface area contributed by atoms with E-state index in [2.05, 4.69) is 27.1 Å². The van der Waals surface area contributed by atoms with Crippen LogP contribution in [0.15, 0.2) is 18.3 Å². The predicted molar refractivity (Wildman–Crippen MR) is 104 cm³/mol. The number of carbonyl (C=O) groups excluding carboxylic acids is 1. The first-order valence-electron chi connectivity index (χ1n) is 8.97. The van der Waals surface area contributed by atoms with Gasteiger partial charge in [-0.2, -0.15) is 0 Å². The Morgan fingerprint density at radius 3 is 2.77 bits per heavy atom. The van der Waals surface area contributed by atoms with Crippen LogP contribution < -0.4 is 10.1 Å². The zero-order valence-electron chi connectivity index (χ0n) is 15.8. The van der Waals surface area contributed by atoms with Gasteiger partial charge < -0.3 is 10.1 Å². The molecule has 2 aromatic rings. The highest BCUT2D eigenvalue weighted by Gasteiger charge is 2.27. The number of pyridine rings is 1. The fourth-order valence-electron chi connectivity index (χ4n) is 3.30. The quantitative estimate of drug-likeness (QED) is 0.867. The van der Waals surface area contributed by atoms with Crippen molar-refractivity contribution in [1.29, 1.82) is 0 Å². The van der Waals surface area contributed by atoms with Crippen molar-refractivity contribution >= 4 is 22.4 Å². The minimum atomic E-state index is -0.0892. The van der Waals surface area contributed by atoms with Crippen molar-refractivity contribution in [3.8, 4) is 5.75 Å². The summed E-state index contributed by atoms with van der Waals surface area (Å²) in [5.74, 6) is 0.814. The minimum Gasteiger partial charge on any atom is -0.489 e. The third-order valence-corrected chi connectivity index (χ3v) is 5.42. The van der Waals surface area contributed by atoms with Crippen molar-refractivity contribution < 1.29 is 9.53 Å². The summed E-state index contributed by atoms with van der Waals surface area (Å²) in [4.78, 5) is 23.4. The number of ether oxygens (including phenoxy) is 1. The number of carbonyl (C=O) groups is 1. The van der Waals surface area contributed by atoms with Crippen LogP contribution in [-0.2, 0) is 11.3 Å². The second-order valence-electron chi connectivity index (χ2n) is 6.99. The lowest BCUT2D eigenvalue weighted by Gasteiger charge is -2.37. The first kappa shape index (κ1) is 18.8. The molecule has 1 fully saturated rings. The molecule has 2 atom stereocenters. The average molecular weight is 375 g/mol. The number of likely N-dealkylation sites (tertiary alicyclic amines) is 1. The first-order valence-corrected chi connectivity index (χ1v) is 9.79. The van der Waals surface area contributed by atoms with Crippen LogP contribution in [-0.4, -0.2) is 39.5 Å². The Kier molecular flexibility index (Phi) is 5.88. The SMILES string of the molecule is CC(=O)Nc1ncc(CN2C[C@@H](Oc3cc(C)nc(C)c3)CC[C@@H]2C)s1. The summed E-state index contributed by atoms with van der Waals surface area (Å²) in [7, 11) is 0. The molecule has 0 bridgehead atoms. The number of amides is 1. The van der Waals surface area contributed by atoms with Crippen LogP contribution in [0.1, 0.15) is 43.0 Å². The van der Waals surface area contributed by atoms with Crippen LogP contribution in [0.4, 0.5) is 5.13 Å². The van der Waals surface area contributed by atoms with Crippen LogP contribution in [0.5, 0.6) is 5.75 Å². The topological polar surface area (TPSA) is 67.4 Å². The van der Waals surface area contributed by atoms with Crippen molar-refractivity contribution in [3.05, 3.63) is 34.6 Å². The summed E-state index contributed by atoms with van der Waals surface area (Å²) in [6.45, 7) is 9.45. The number of nitrogens with zero attached hydrogens (tertiary/aromatic N) is 3. The molecule has 1 N–H and O–H groups in total. The fraction of sp³-hybridized carbons (Fsp3) is 0.526. The number of rotatable bonds is 5. The standard InChI is InChI=1S/C19H26N4O2S/c1-12-7-17(8-13(2)21-12)25-16-6-5-14(3)23(10-16)11-18-9-20-19(26-18)22-15(4)24/h7-9,14,16H,5-6,10-11H2,1-4H3,(H,20,22,24)/t14-,16-/m0/s1. The van der Waals surface area contributed by atoms with Crippen molar-refractivity contribution in [1.82, 2.24) is 14.9 Å². The van der Waals surface area contributed by atoms with Gasteiger partial charge in [-0.25, -0.2) is 4.98 Å². The van der Waals surface area contributed by atoms with Gasteiger partial charge in [-0.05, 0) is 33.6 Å². The lowest BCUT2D eigenvalue weighted by Crippen LogP contribution is -2.45. The fourth-order valence-corrected chi connectivity index (χ4v) is 4.19. The van der Waals surface area contributed by atoms with Crippen LogP contribution >= 0.6 is 11.3 Å². The summed E-state index contributed by atoms with van der Waals surface area (Å²) < 4.78 is 6.24. The summed E-state index contributed by atoms with van der Waals surface area (Å²) in [5, 5.41) is 3.40. The van der Waals surface area contributed by atoms with Gasteiger partial charge in [0.25, 0.3) is 0 Å². The molecule has 26 heavy (non-hydrogen) atoms. The van der Waals surface area contributed by atoms with Gasteiger partial charge in [0.1, 0.15) is 11.9 Å². The molecular weight excluding hydrogens is 348 g/mol. The van der Waals surface area contributed by atoms with E-state index < -0.39 is 0 Å². The van der Waals surface area contributed by atoms with E-state index in [9.17, 15) is 4.79 Å². The summed E-state index contributed by atoms with van der Waals surface area (Å²) >= 11 is 1.53. The maximum atomic E-state index is 11.2. The highest BCUT2D eigenvalue weighted by atomic mass is 32.1. The van der Waals surface area contributed by atoms with E-state index >= 15 is 0 Å². The second kappa shape index (κ2) is 8.14. The highest BCUT2D eigenvalue weighted by Crippen LogP contribution is 2.26. The van der Waals surface area contributed by atoms with Gasteiger partial charge in [0.15, 0.2) is 5.13 Å². The molecule has 0 aromatic carbocycles. The molecule has 0 saturated carbocycles. The third kappa shape index (κ3) is 5.02. The van der Waals surface area contributed by atoms with Gasteiger partial charge in [0, 0.05) is 60.6 Å². The smallest absolute Gasteiger partial charge is 0.223 e. The summed E-state index contributed by atoms with van der Waals surface area (Å²) in [6.07, 6.45) is 4.18. The Hall–Kier alpha value is -1.99. The average Bonchev–Trinajstić information content (AvgIpc) is 2.96. The van der Waals surface area contributed by atoms with Crippen molar-refractivity contribution in [2.75, 3.05) is 11.9 Å². The molecule has 1 aliphatic heterocycles. The molecule has 3 heterocycles. The van der Waals surface area contributed by atoms with E-state index in [1.807, 2.05) is 32.2 Å². The molecule has 7 heteroatoms. The summed E-state index contributed by atoms with van der Waals surface area (Å²) in [6, 6.07) is 4.50. The zero-order chi connectivity index (χ0) is 18.7. The largest absolute Gasteiger partial charge is 0.489 e. The Morgan fingerprint density at radius 2 is 2.08 bits per heavy atom. The number of aryl methyl sites for hydroxylation is 2. The molecule has 140 valence electrons. The first-order chi connectivity index (χ1) is 12.4. The molecule has 3 rings (SSSR count). The Labute approximate surface area is 158 Å². The maximum absolute atomic E-state index is 11.2. The molecule has 6 nitrogen and oxygen atoms in total. The van der Waals surface area contributed by atoms with E-state index in [0.29, 0.717) is 11.2 Å². The molecule has 0 unspecified atom stereocenters. The van der Waals surface area contributed by atoms with Gasteiger partial charge in [-0.3, -0.25) is 14.7 Å². The Balaban J connectivity index is 1.62.